The Morgan fingerprint density at radius 2 is 1.69 bits per heavy atom. The molecule has 0 spiro atoms. The molecule has 0 bridgehead atoms. The predicted molar refractivity (Wildman–Crippen MR) is 50.1 cm³/mol. The highest BCUT2D eigenvalue weighted by Crippen LogP contribution is 2.32. The van der Waals surface area contributed by atoms with Gasteiger partial charge in [0.2, 0.25) is 0 Å². The molecule has 0 radical (unpaired) electrons. The van der Waals surface area contributed by atoms with E-state index in [0.29, 0.717) is 5.56 Å². The van der Waals surface area contributed by atoms with Crippen molar-refractivity contribution in [3.05, 3.63) is 34.4 Å². The maximum Gasteiger partial charge on any atom is 0.131 e. The van der Waals surface area contributed by atoms with Crippen LogP contribution in [0.15, 0.2) is 12.1 Å². The van der Waals surface area contributed by atoms with Gasteiger partial charge in [0, 0.05) is 11.6 Å². The van der Waals surface area contributed by atoms with E-state index < -0.39 is 17.0 Å². The van der Waals surface area contributed by atoms with Gasteiger partial charge in [0.15, 0.2) is 0 Å². The van der Waals surface area contributed by atoms with Gasteiger partial charge in [-0.25, -0.2) is 8.78 Å². The van der Waals surface area contributed by atoms with Crippen LogP contribution in [-0.4, -0.2) is 0 Å². The summed E-state index contributed by atoms with van der Waals surface area (Å²) in [5, 5.41) is 0.144. The number of hydrogen-bond donors (Lipinski definition) is 0. The summed E-state index contributed by atoms with van der Waals surface area (Å²) in [7, 11) is 0. The van der Waals surface area contributed by atoms with Crippen LogP contribution in [0.5, 0.6) is 0 Å². The lowest BCUT2D eigenvalue weighted by atomic mass is 9.86. The summed E-state index contributed by atoms with van der Waals surface area (Å²) in [5.74, 6) is -1.23. The molecular weight excluding hydrogens is 194 g/mol. The molecule has 0 nitrogen and oxygen atoms in total. The monoisotopic (exact) mass is 204 g/mol. The molecule has 72 valence electrons. The smallest absolute Gasteiger partial charge is 0.131 e. The van der Waals surface area contributed by atoms with Crippen LogP contribution in [0.4, 0.5) is 8.78 Å². The van der Waals surface area contributed by atoms with Gasteiger partial charge in [-0.05, 0) is 11.5 Å². The Bertz CT molecular complexity index is 303. The maximum absolute atomic E-state index is 13.3. The minimum atomic E-state index is -0.643. The van der Waals surface area contributed by atoms with Crippen molar-refractivity contribution >= 4 is 11.6 Å². The molecule has 0 unspecified atom stereocenters. The molecule has 0 amide bonds. The number of rotatable bonds is 0. The van der Waals surface area contributed by atoms with E-state index in [1.54, 1.807) is 0 Å². The van der Waals surface area contributed by atoms with Crippen LogP contribution in [0.2, 0.25) is 5.02 Å². The molecule has 0 aliphatic heterocycles. The predicted octanol–water partition coefficient (Wildman–Crippen LogP) is 3.92. The third-order valence-electron chi connectivity index (χ3n) is 1.76. The molecule has 0 heterocycles. The molecule has 13 heavy (non-hydrogen) atoms. The molecule has 0 atom stereocenters. The van der Waals surface area contributed by atoms with Gasteiger partial charge in [-0.2, -0.15) is 0 Å². The Balaban J connectivity index is 3.38. The molecule has 0 aliphatic carbocycles. The van der Waals surface area contributed by atoms with Crippen molar-refractivity contribution in [3.8, 4) is 0 Å². The first-order chi connectivity index (χ1) is 5.82. The minimum absolute atomic E-state index is 0.144. The molecule has 1 rings (SSSR count). The largest absolute Gasteiger partial charge is 0.207 e. The van der Waals surface area contributed by atoms with E-state index in [1.165, 1.54) is 0 Å². The van der Waals surface area contributed by atoms with Crippen molar-refractivity contribution in [2.75, 3.05) is 0 Å². The van der Waals surface area contributed by atoms with E-state index in [9.17, 15) is 8.78 Å². The van der Waals surface area contributed by atoms with Crippen molar-refractivity contribution in [2.45, 2.75) is 26.2 Å². The topological polar surface area (TPSA) is 0 Å². The second-order valence-corrected chi connectivity index (χ2v) is 4.40. The van der Waals surface area contributed by atoms with Gasteiger partial charge in [-0.1, -0.05) is 32.4 Å². The average molecular weight is 205 g/mol. The van der Waals surface area contributed by atoms with Crippen LogP contribution in [0.1, 0.15) is 26.3 Å². The summed E-state index contributed by atoms with van der Waals surface area (Å²) in [6.07, 6.45) is 0. The van der Waals surface area contributed by atoms with Gasteiger partial charge >= 0.3 is 0 Å². The van der Waals surface area contributed by atoms with Crippen molar-refractivity contribution in [2.24, 2.45) is 0 Å². The summed E-state index contributed by atoms with van der Waals surface area (Å²) < 4.78 is 26.0. The Labute approximate surface area is 81.5 Å². The lowest BCUT2D eigenvalue weighted by Crippen LogP contribution is -2.14. The molecule has 0 aliphatic rings. The van der Waals surface area contributed by atoms with Gasteiger partial charge in [0.1, 0.15) is 11.6 Å². The van der Waals surface area contributed by atoms with Gasteiger partial charge in [-0.15, -0.1) is 0 Å². The standard InChI is InChI=1S/C10H11ClF2/c1-10(2,3)9-7(11)4-6(12)5-8(9)13/h4-5H,1-3H3. The number of hydrogen-bond acceptors (Lipinski definition) is 0. The first kappa shape index (κ1) is 10.5. The van der Waals surface area contributed by atoms with Crippen LogP contribution in [0.3, 0.4) is 0 Å². The first-order valence-electron chi connectivity index (χ1n) is 3.97. The SMILES string of the molecule is CC(C)(C)c1c(F)cc(F)cc1Cl. The highest BCUT2D eigenvalue weighted by molar-refractivity contribution is 6.31. The molecular formula is C10H11ClF2. The van der Waals surface area contributed by atoms with E-state index in [4.69, 9.17) is 11.6 Å². The van der Waals surface area contributed by atoms with E-state index >= 15 is 0 Å². The van der Waals surface area contributed by atoms with Crippen molar-refractivity contribution in [1.82, 2.24) is 0 Å². The Kier molecular flexibility index (Phi) is 2.62. The Morgan fingerprint density at radius 3 is 2.08 bits per heavy atom. The molecule has 0 fully saturated rings. The third-order valence-corrected chi connectivity index (χ3v) is 2.05. The van der Waals surface area contributed by atoms with Gasteiger partial charge in [0.25, 0.3) is 0 Å². The second kappa shape index (κ2) is 3.26. The van der Waals surface area contributed by atoms with Gasteiger partial charge in [-0.3, -0.25) is 0 Å². The Hall–Kier alpha value is -0.630. The van der Waals surface area contributed by atoms with E-state index in [1.807, 2.05) is 20.8 Å². The zero-order valence-corrected chi connectivity index (χ0v) is 8.54. The number of benzene rings is 1. The van der Waals surface area contributed by atoms with E-state index in [2.05, 4.69) is 0 Å². The fourth-order valence-electron chi connectivity index (χ4n) is 1.26. The quantitative estimate of drug-likeness (QED) is 0.601. The maximum atomic E-state index is 13.3. The van der Waals surface area contributed by atoms with Crippen LogP contribution < -0.4 is 0 Å². The zero-order valence-electron chi connectivity index (χ0n) is 7.79. The normalized spacial score (nSPS) is 11.8. The molecule has 3 heteroatoms. The molecule has 1 aromatic rings. The summed E-state index contributed by atoms with van der Waals surface area (Å²) in [6, 6.07) is 1.98. The van der Waals surface area contributed by atoms with Crippen LogP contribution in [0, 0.1) is 11.6 Å². The van der Waals surface area contributed by atoms with Crippen molar-refractivity contribution in [3.63, 3.8) is 0 Å². The Morgan fingerprint density at radius 1 is 1.15 bits per heavy atom. The molecule has 0 aromatic heterocycles. The lowest BCUT2D eigenvalue weighted by Gasteiger charge is -2.21. The van der Waals surface area contributed by atoms with Crippen molar-refractivity contribution in [1.29, 1.82) is 0 Å². The summed E-state index contributed by atoms with van der Waals surface area (Å²) in [4.78, 5) is 0. The molecule has 1 aromatic carbocycles. The fraction of sp³-hybridized carbons (Fsp3) is 0.400. The summed E-state index contributed by atoms with van der Waals surface area (Å²) >= 11 is 5.74. The first-order valence-corrected chi connectivity index (χ1v) is 4.35. The van der Waals surface area contributed by atoms with E-state index in [-0.39, 0.29) is 5.02 Å². The van der Waals surface area contributed by atoms with Crippen LogP contribution >= 0.6 is 11.6 Å². The third kappa shape index (κ3) is 2.19. The van der Waals surface area contributed by atoms with Gasteiger partial charge in [0.05, 0.1) is 5.02 Å². The fourth-order valence-corrected chi connectivity index (χ4v) is 1.74. The minimum Gasteiger partial charge on any atom is -0.207 e. The highest BCUT2D eigenvalue weighted by atomic mass is 35.5. The number of halogens is 3. The molecule has 0 saturated heterocycles. The average Bonchev–Trinajstić information content (AvgIpc) is 1.78. The molecule has 0 N–H and O–H groups in total. The van der Waals surface area contributed by atoms with Crippen LogP contribution in [-0.2, 0) is 5.41 Å². The van der Waals surface area contributed by atoms with Crippen LogP contribution in [0.25, 0.3) is 0 Å². The van der Waals surface area contributed by atoms with E-state index in [0.717, 1.165) is 12.1 Å². The second-order valence-electron chi connectivity index (χ2n) is 3.99. The summed E-state index contributed by atoms with van der Waals surface area (Å²) in [6.45, 7) is 5.49. The molecule has 0 saturated carbocycles. The lowest BCUT2D eigenvalue weighted by molar-refractivity contribution is 0.511. The van der Waals surface area contributed by atoms with Gasteiger partial charge < -0.3 is 0 Å². The summed E-state index contributed by atoms with van der Waals surface area (Å²) in [5.41, 5.74) is -0.0509. The highest BCUT2D eigenvalue weighted by Gasteiger charge is 2.22. The van der Waals surface area contributed by atoms with Crippen molar-refractivity contribution < 1.29 is 8.78 Å². The zero-order chi connectivity index (χ0) is 10.2.